The zero-order chi connectivity index (χ0) is 18.3. The maximum atomic E-state index is 12.6. The third-order valence-electron chi connectivity index (χ3n) is 4.40. The number of rotatable bonds is 2. The lowest BCUT2D eigenvalue weighted by Gasteiger charge is -2.24. The van der Waals surface area contributed by atoms with Crippen molar-refractivity contribution in [3.8, 4) is 5.75 Å². The summed E-state index contributed by atoms with van der Waals surface area (Å²) in [6.07, 6.45) is 3.25. The van der Waals surface area contributed by atoms with Gasteiger partial charge in [-0.1, -0.05) is 0 Å². The monoisotopic (exact) mass is 349 g/mol. The molecule has 2 aromatic heterocycles. The van der Waals surface area contributed by atoms with Crippen LogP contribution in [-0.2, 0) is 4.79 Å². The van der Waals surface area contributed by atoms with Crippen LogP contribution in [0.5, 0.6) is 5.75 Å². The molecule has 0 saturated heterocycles. The topological polar surface area (TPSA) is 80.2 Å². The number of amides is 1. The molecule has 1 aromatic carbocycles. The molecule has 1 N–H and O–H groups in total. The summed E-state index contributed by atoms with van der Waals surface area (Å²) in [6, 6.07) is 9.36. The van der Waals surface area contributed by atoms with Crippen molar-refractivity contribution in [2.24, 2.45) is 5.41 Å². The van der Waals surface area contributed by atoms with Crippen LogP contribution in [0.2, 0.25) is 0 Å². The van der Waals surface area contributed by atoms with Crippen LogP contribution in [0.1, 0.15) is 13.8 Å². The molecule has 1 aliphatic rings. The largest absolute Gasteiger partial charge is 0.490 e. The van der Waals surface area contributed by atoms with Crippen LogP contribution in [0.25, 0.3) is 11.2 Å². The van der Waals surface area contributed by atoms with E-state index in [-0.39, 0.29) is 5.91 Å². The molecule has 1 amide bonds. The van der Waals surface area contributed by atoms with E-state index in [0.717, 1.165) is 16.9 Å². The number of carbonyl (C=O) groups excluding carboxylic acids is 1. The number of carbonyl (C=O) groups is 1. The van der Waals surface area contributed by atoms with Gasteiger partial charge in [0.25, 0.3) is 0 Å². The Morgan fingerprint density at radius 3 is 2.81 bits per heavy atom. The van der Waals surface area contributed by atoms with E-state index < -0.39 is 5.41 Å². The highest BCUT2D eigenvalue weighted by atomic mass is 16.5. The highest BCUT2D eigenvalue weighted by molar-refractivity contribution is 5.99. The molecule has 0 spiro atoms. The second-order valence-electron chi connectivity index (χ2n) is 6.94. The number of aromatic nitrogens is 3. The lowest BCUT2D eigenvalue weighted by molar-refractivity contribution is -0.127. The van der Waals surface area contributed by atoms with Gasteiger partial charge in [-0.05, 0) is 44.2 Å². The Morgan fingerprint density at radius 1 is 1.15 bits per heavy atom. The van der Waals surface area contributed by atoms with Gasteiger partial charge in [-0.3, -0.25) is 9.78 Å². The number of nitrogens with zero attached hydrogens (tertiary/aromatic N) is 4. The first-order valence-electron chi connectivity index (χ1n) is 8.34. The van der Waals surface area contributed by atoms with E-state index in [2.05, 4.69) is 20.3 Å². The van der Waals surface area contributed by atoms with Gasteiger partial charge in [-0.15, -0.1) is 0 Å². The molecule has 1 aliphatic heterocycles. The molecule has 0 saturated carbocycles. The molecule has 0 radical (unpaired) electrons. The highest BCUT2D eigenvalue weighted by Gasteiger charge is 2.36. The summed E-state index contributed by atoms with van der Waals surface area (Å²) in [6.45, 7) is 4.12. The number of ether oxygens (including phenoxy) is 1. The third-order valence-corrected chi connectivity index (χ3v) is 4.40. The average molecular weight is 349 g/mol. The van der Waals surface area contributed by atoms with Crippen molar-refractivity contribution in [3.63, 3.8) is 0 Å². The smallest absolute Gasteiger partial charge is 0.235 e. The van der Waals surface area contributed by atoms with E-state index in [1.807, 2.05) is 44.2 Å². The van der Waals surface area contributed by atoms with Crippen LogP contribution < -0.4 is 15.0 Å². The van der Waals surface area contributed by atoms with E-state index in [4.69, 9.17) is 4.74 Å². The van der Waals surface area contributed by atoms with E-state index >= 15 is 0 Å². The van der Waals surface area contributed by atoms with Crippen LogP contribution in [0.3, 0.4) is 0 Å². The number of benzene rings is 1. The van der Waals surface area contributed by atoms with Crippen LogP contribution in [0.15, 0.2) is 42.7 Å². The second kappa shape index (κ2) is 5.94. The molecule has 3 heterocycles. The summed E-state index contributed by atoms with van der Waals surface area (Å²) in [4.78, 5) is 27.2. The van der Waals surface area contributed by atoms with E-state index in [0.29, 0.717) is 23.8 Å². The minimum Gasteiger partial charge on any atom is -0.490 e. The third kappa shape index (κ3) is 2.81. The van der Waals surface area contributed by atoms with Gasteiger partial charge in [0.2, 0.25) is 5.91 Å². The van der Waals surface area contributed by atoms with Crippen LogP contribution in [-0.4, -0.2) is 34.5 Å². The SMILES string of the molecule is CN1C(=O)C(C)(C)COc2ccc(Nc3ccc4nccnc4n3)cc21. The Labute approximate surface area is 151 Å². The van der Waals surface area contributed by atoms with E-state index in [1.54, 1.807) is 24.3 Å². The molecule has 7 heteroatoms. The van der Waals surface area contributed by atoms with E-state index in [9.17, 15) is 4.79 Å². The molecular formula is C19H19N5O2. The van der Waals surface area contributed by atoms with Crippen LogP contribution >= 0.6 is 0 Å². The number of hydrogen-bond acceptors (Lipinski definition) is 6. The van der Waals surface area contributed by atoms with Crippen molar-refractivity contribution in [2.75, 3.05) is 23.9 Å². The Hall–Kier alpha value is -3.22. The number of fused-ring (bicyclic) bond motifs is 2. The van der Waals surface area contributed by atoms with Gasteiger partial charge in [0.05, 0.1) is 11.1 Å². The molecule has 0 unspecified atom stereocenters. The van der Waals surface area contributed by atoms with Gasteiger partial charge in [0, 0.05) is 25.1 Å². The fraction of sp³-hybridized carbons (Fsp3) is 0.263. The molecule has 4 rings (SSSR count). The molecule has 0 aliphatic carbocycles. The minimum absolute atomic E-state index is 0.0208. The summed E-state index contributed by atoms with van der Waals surface area (Å²) in [5.74, 6) is 1.36. The lowest BCUT2D eigenvalue weighted by atomic mass is 9.93. The maximum absolute atomic E-state index is 12.6. The van der Waals surface area contributed by atoms with Crippen molar-refractivity contribution in [1.82, 2.24) is 15.0 Å². The van der Waals surface area contributed by atoms with Gasteiger partial charge in [-0.25, -0.2) is 9.97 Å². The standard InChI is InChI=1S/C19H19N5O2/c1-19(2)11-26-15-6-4-12(10-14(15)24(3)18(19)25)22-16-7-5-13-17(23-16)21-9-8-20-13/h4-10H,11H2,1-3H3,(H,21,22,23). The van der Waals surface area contributed by atoms with Gasteiger partial charge < -0.3 is 15.0 Å². The zero-order valence-electron chi connectivity index (χ0n) is 14.9. The fourth-order valence-corrected chi connectivity index (χ4v) is 2.93. The van der Waals surface area contributed by atoms with Gasteiger partial charge in [0.1, 0.15) is 23.7 Å². The number of nitrogens with one attached hydrogen (secondary N) is 1. The second-order valence-corrected chi connectivity index (χ2v) is 6.94. The van der Waals surface area contributed by atoms with Crippen molar-refractivity contribution < 1.29 is 9.53 Å². The molecule has 3 aromatic rings. The molecule has 132 valence electrons. The first-order valence-corrected chi connectivity index (χ1v) is 8.34. The molecule has 7 nitrogen and oxygen atoms in total. The summed E-state index contributed by atoms with van der Waals surface area (Å²) >= 11 is 0. The molecular weight excluding hydrogens is 330 g/mol. The van der Waals surface area contributed by atoms with Gasteiger partial charge >= 0.3 is 0 Å². The molecule has 26 heavy (non-hydrogen) atoms. The number of anilines is 3. The van der Waals surface area contributed by atoms with Crippen LogP contribution in [0.4, 0.5) is 17.2 Å². The molecule has 0 bridgehead atoms. The van der Waals surface area contributed by atoms with Crippen LogP contribution in [0, 0.1) is 5.41 Å². The molecule has 0 fully saturated rings. The molecule has 0 atom stereocenters. The average Bonchev–Trinajstić information content (AvgIpc) is 2.73. The summed E-state index contributed by atoms with van der Waals surface area (Å²) in [7, 11) is 1.77. The highest BCUT2D eigenvalue weighted by Crippen LogP contribution is 2.37. The first-order chi connectivity index (χ1) is 12.4. The Balaban J connectivity index is 1.66. The van der Waals surface area contributed by atoms with Crippen molar-refractivity contribution in [3.05, 3.63) is 42.7 Å². The Morgan fingerprint density at radius 2 is 1.96 bits per heavy atom. The normalized spacial score (nSPS) is 16.0. The Bertz CT molecular complexity index is 1000. The Kier molecular flexibility index (Phi) is 3.72. The fourth-order valence-electron chi connectivity index (χ4n) is 2.93. The summed E-state index contributed by atoms with van der Waals surface area (Å²) in [5, 5.41) is 3.25. The first kappa shape index (κ1) is 16.3. The lowest BCUT2D eigenvalue weighted by Crippen LogP contribution is -2.39. The van der Waals surface area contributed by atoms with Crippen molar-refractivity contribution >= 4 is 34.3 Å². The van der Waals surface area contributed by atoms with Crippen molar-refractivity contribution in [1.29, 1.82) is 0 Å². The predicted molar refractivity (Wildman–Crippen MR) is 99.7 cm³/mol. The van der Waals surface area contributed by atoms with Crippen molar-refractivity contribution in [2.45, 2.75) is 13.8 Å². The maximum Gasteiger partial charge on any atom is 0.235 e. The minimum atomic E-state index is -0.570. The zero-order valence-corrected chi connectivity index (χ0v) is 14.9. The quantitative estimate of drug-likeness (QED) is 0.765. The van der Waals surface area contributed by atoms with Gasteiger partial charge in [-0.2, -0.15) is 0 Å². The predicted octanol–water partition coefficient (Wildman–Crippen LogP) is 3.15. The van der Waals surface area contributed by atoms with E-state index in [1.165, 1.54) is 0 Å². The summed E-state index contributed by atoms with van der Waals surface area (Å²) < 4.78 is 5.84. The number of hydrogen-bond donors (Lipinski definition) is 1. The van der Waals surface area contributed by atoms with Gasteiger partial charge in [0.15, 0.2) is 5.65 Å². The summed E-state index contributed by atoms with van der Waals surface area (Å²) in [5.41, 5.74) is 2.28. The number of pyridine rings is 1.